The van der Waals surface area contributed by atoms with E-state index in [0.717, 1.165) is 37.2 Å². The second-order valence-electron chi connectivity index (χ2n) is 6.27. The predicted octanol–water partition coefficient (Wildman–Crippen LogP) is 5.77. The van der Waals surface area contributed by atoms with Crippen LogP contribution in [0.4, 0.5) is 5.69 Å². The first-order valence-electron chi connectivity index (χ1n) is 8.75. The second kappa shape index (κ2) is 7.98. The molecule has 3 aromatic carbocycles. The van der Waals surface area contributed by atoms with Crippen LogP contribution in [0.15, 0.2) is 78.9 Å². The maximum Gasteiger partial charge on any atom is 0.256 e. The van der Waals surface area contributed by atoms with E-state index in [1.165, 1.54) is 0 Å². The minimum atomic E-state index is -0.163. The van der Waals surface area contributed by atoms with Gasteiger partial charge in [0.15, 0.2) is 0 Å². The minimum Gasteiger partial charge on any atom is -0.497 e. The zero-order valence-corrected chi connectivity index (χ0v) is 17.3. The second-order valence-corrected chi connectivity index (χ2v) is 7.51. The number of ether oxygens (including phenoxy) is 1. The van der Waals surface area contributed by atoms with E-state index in [2.05, 4.69) is 27.9 Å². The molecule has 0 atom stereocenters. The number of nitrogens with one attached hydrogen (secondary N) is 1. The van der Waals surface area contributed by atoms with Gasteiger partial charge in [0.25, 0.3) is 5.91 Å². The molecule has 4 rings (SSSR count). The molecule has 0 bridgehead atoms. The van der Waals surface area contributed by atoms with E-state index < -0.39 is 0 Å². The van der Waals surface area contributed by atoms with E-state index in [4.69, 9.17) is 9.72 Å². The number of nitrogens with zero attached hydrogens (tertiary/aromatic N) is 1. The Hall–Kier alpha value is -2.93. The predicted molar refractivity (Wildman–Crippen MR) is 121 cm³/mol. The van der Waals surface area contributed by atoms with Crippen LogP contribution in [0.1, 0.15) is 10.4 Å². The lowest BCUT2D eigenvalue weighted by Crippen LogP contribution is -2.13. The fourth-order valence-corrected chi connectivity index (χ4v) is 3.38. The SMILES string of the molecule is COc1cccc(-c2cc(C(=O)Nc3ccc(I)cc3)c3ccccc3n2)c1. The van der Waals surface area contributed by atoms with Gasteiger partial charge in [-0.2, -0.15) is 0 Å². The Bertz CT molecular complexity index is 1160. The van der Waals surface area contributed by atoms with Crippen LogP contribution in [0.25, 0.3) is 22.2 Å². The van der Waals surface area contributed by atoms with Gasteiger partial charge in [0.05, 0.1) is 23.9 Å². The summed E-state index contributed by atoms with van der Waals surface area (Å²) in [6, 6.07) is 24.9. The van der Waals surface area contributed by atoms with Gasteiger partial charge >= 0.3 is 0 Å². The van der Waals surface area contributed by atoms with Gasteiger partial charge in [0.1, 0.15) is 5.75 Å². The summed E-state index contributed by atoms with van der Waals surface area (Å²) in [6.45, 7) is 0. The maximum absolute atomic E-state index is 13.1. The van der Waals surface area contributed by atoms with Crippen molar-refractivity contribution in [3.63, 3.8) is 0 Å². The van der Waals surface area contributed by atoms with Crippen LogP contribution in [0.3, 0.4) is 0 Å². The number of fused-ring (bicyclic) bond motifs is 1. The maximum atomic E-state index is 13.1. The number of pyridine rings is 1. The number of halogens is 1. The number of amides is 1. The Kier molecular flexibility index (Phi) is 5.25. The largest absolute Gasteiger partial charge is 0.497 e. The van der Waals surface area contributed by atoms with Gasteiger partial charge in [-0.15, -0.1) is 0 Å². The standard InChI is InChI=1S/C23H17IN2O2/c1-28-18-6-4-5-15(13-18)22-14-20(19-7-2-3-8-21(19)26-22)23(27)25-17-11-9-16(24)10-12-17/h2-14H,1H3,(H,25,27). The lowest BCUT2D eigenvalue weighted by Gasteiger charge is -2.11. The highest BCUT2D eigenvalue weighted by molar-refractivity contribution is 14.1. The third-order valence-electron chi connectivity index (χ3n) is 4.43. The first-order chi connectivity index (χ1) is 13.6. The topological polar surface area (TPSA) is 51.2 Å². The van der Waals surface area contributed by atoms with Gasteiger partial charge in [-0.05, 0) is 71.1 Å². The van der Waals surface area contributed by atoms with Crippen LogP contribution in [-0.4, -0.2) is 18.0 Å². The number of hydrogen-bond acceptors (Lipinski definition) is 3. The molecule has 1 aromatic heterocycles. The van der Waals surface area contributed by atoms with E-state index >= 15 is 0 Å². The van der Waals surface area contributed by atoms with E-state index in [1.54, 1.807) is 7.11 Å². The number of carbonyl (C=O) groups is 1. The van der Waals surface area contributed by atoms with E-state index in [9.17, 15) is 4.79 Å². The van der Waals surface area contributed by atoms with Crippen molar-refractivity contribution in [2.24, 2.45) is 0 Å². The van der Waals surface area contributed by atoms with Crippen LogP contribution in [0, 0.1) is 3.57 Å². The Morgan fingerprint density at radius 2 is 1.75 bits per heavy atom. The molecule has 138 valence electrons. The van der Waals surface area contributed by atoms with Crippen molar-refractivity contribution in [2.75, 3.05) is 12.4 Å². The molecule has 0 aliphatic carbocycles. The number of aromatic nitrogens is 1. The molecule has 4 aromatic rings. The highest BCUT2D eigenvalue weighted by atomic mass is 127. The third kappa shape index (κ3) is 3.84. The average Bonchev–Trinajstić information content (AvgIpc) is 2.74. The number of hydrogen-bond donors (Lipinski definition) is 1. The van der Waals surface area contributed by atoms with Crippen LogP contribution >= 0.6 is 22.6 Å². The molecular formula is C23H17IN2O2. The molecule has 4 nitrogen and oxygen atoms in total. The fraction of sp³-hybridized carbons (Fsp3) is 0.0435. The molecular weight excluding hydrogens is 463 g/mol. The van der Waals surface area contributed by atoms with Gasteiger partial charge in [-0.25, -0.2) is 4.98 Å². The smallest absolute Gasteiger partial charge is 0.256 e. The van der Waals surface area contributed by atoms with Crippen LogP contribution in [0.2, 0.25) is 0 Å². The van der Waals surface area contributed by atoms with Gasteiger partial charge in [0.2, 0.25) is 0 Å². The van der Waals surface area contributed by atoms with Gasteiger partial charge < -0.3 is 10.1 Å². The fourth-order valence-electron chi connectivity index (χ4n) is 3.03. The third-order valence-corrected chi connectivity index (χ3v) is 5.15. The van der Waals surface area contributed by atoms with E-state index in [-0.39, 0.29) is 5.91 Å². The van der Waals surface area contributed by atoms with Crippen LogP contribution < -0.4 is 10.1 Å². The van der Waals surface area contributed by atoms with Crippen molar-refractivity contribution < 1.29 is 9.53 Å². The van der Waals surface area contributed by atoms with Gasteiger partial charge in [-0.1, -0.05) is 30.3 Å². The molecule has 0 saturated heterocycles. The molecule has 0 saturated carbocycles. The number of methoxy groups -OCH3 is 1. The van der Waals surface area contributed by atoms with Gasteiger partial charge in [0, 0.05) is 20.2 Å². The number of benzene rings is 3. The zero-order chi connectivity index (χ0) is 19.5. The zero-order valence-electron chi connectivity index (χ0n) is 15.1. The molecule has 0 aliphatic heterocycles. The molecule has 0 unspecified atom stereocenters. The summed E-state index contributed by atoms with van der Waals surface area (Å²) in [4.78, 5) is 17.8. The average molecular weight is 480 g/mol. The summed E-state index contributed by atoms with van der Waals surface area (Å²) in [5.41, 5.74) is 3.74. The molecule has 28 heavy (non-hydrogen) atoms. The van der Waals surface area contributed by atoms with E-state index in [1.807, 2.05) is 78.9 Å². The Morgan fingerprint density at radius 3 is 2.54 bits per heavy atom. The monoisotopic (exact) mass is 480 g/mol. The lowest BCUT2D eigenvalue weighted by molar-refractivity contribution is 0.102. The van der Waals surface area contributed by atoms with Crippen molar-refractivity contribution in [2.45, 2.75) is 0 Å². The minimum absolute atomic E-state index is 0.163. The van der Waals surface area contributed by atoms with Crippen molar-refractivity contribution in [3.05, 3.63) is 88.0 Å². The molecule has 5 heteroatoms. The summed E-state index contributed by atoms with van der Waals surface area (Å²) in [5, 5.41) is 3.80. The van der Waals surface area contributed by atoms with Crippen molar-refractivity contribution in [1.29, 1.82) is 0 Å². The molecule has 1 amide bonds. The summed E-state index contributed by atoms with van der Waals surface area (Å²) in [6.07, 6.45) is 0. The quantitative estimate of drug-likeness (QED) is 0.378. The summed E-state index contributed by atoms with van der Waals surface area (Å²) < 4.78 is 6.44. The van der Waals surface area contributed by atoms with Crippen molar-refractivity contribution >= 4 is 45.1 Å². The lowest BCUT2D eigenvalue weighted by atomic mass is 10.0. The molecule has 0 aliphatic rings. The number of anilines is 1. The van der Waals surface area contributed by atoms with Crippen molar-refractivity contribution in [1.82, 2.24) is 4.98 Å². The summed E-state index contributed by atoms with van der Waals surface area (Å²) in [7, 11) is 1.63. The first kappa shape index (κ1) is 18.4. The number of para-hydroxylation sites is 1. The van der Waals surface area contributed by atoms with Crippen molar-refractivity contribution in [3.8, 4) is 17.0 Å². The molecule has 1 heterocycles. The van der Waals surface area contributed by atoms with Crippen LogP contribution in [0.5, 0.6) is 5.75 Å². The molecule has 1 N–H and O–H groups in total. The van der Waals surface area contributed by atoms with E-state index in [0.29, 0.717) is 5.56 Å². The molecule has 0 fully saturated rings. The molecule has 0 radical (unpaired) electrons. The number of rotatable bonds is 4. The summed E-state index contributed by atoms with van der Waals surface area (Å²) in [5.74, 6) is 0.585. The highest BCUT2D eigenvalue weighted by Gasteiger charge is 2.14. The summed E-state index contributed by atoms with van der Waals surface area (Å²) >= 11 is 2.24. The number of carbonyl (C=O) groups excluding carboxylic acids is 1. The Balaban J connectivity index is 1.79. The Morgan fingerprint density at radius 1 is 0.964 bits per heavy atom. The first-order valence-corrected chi connectivity index (χ1v) is 9.83. The normalized spacial score (nSPS) is 10.6. The Labute approximate surface area is 176 Å². The van der Waals surface area contributed by atoms with Crippen LogP contribution in [-0.2, 0) is 0 Å². The molecule has 0 spiro atoms. The van der Waals surface area contributed by atoms with Gasteiger partial charge in [-0.3, -0.25) is 4.79 Å². The highest BCUT2D eigenvalue weighted by Crippen LogP contribution is 2.27.